The number of hydrogen-bond acceptors (Lipinski definition) is 8. The number of alkyl halides is 3. The molecular weight excluding hydrogens is 479 g/mol. The lowest BCUT2D eigenvalue weighted by Gasteiger charge is -2.26. The van der Waals surface area contributed by atoms with Crippen molar-refractivity contribution in [3.63, 3.8) is 0 Å². The molecule has 1 aliphatic heterocycles. The van der Waals surface area contributed by atoms with Crippen LogP contribution in [0, 0.1) is 0 Å². The van der Waals surface area contributed by atoms with Crippen LogP contribution >= 0.6 is 11.8 Å². The van der Waals surface area contributed by atoms with Crippen LogP contribution in [-0.4, -0.2) is 60.9 Å². The zero-order valence-electron chi connectivity index (χ0n) is 17.5. The average Bonchev–Trinajstić information content (AvgIpc) is 3.28. The minimum atomic E-state index is -4.58. The molecular formula is C19H18F3N7O2S2. The molecule has 5 heterocycles. The Kier molecular flexibility index (Phi) is 5.04. The fraction of sp³-hybridized carbons (Fsp3) is 0.368. The Morgan fingerprint density at radius 1 is 1.24 bits per heavy atom. The molecule has 9 nitrogen and oxygen atoms in total. The Labute approximate surface area is 190 Å². The van der Waals surface area contributed by atoms with Crippen molar-refractivity contribution in [2.24, 2.45) is 7.05 Å². The summed E-state index contributed by atoms with van der Waals surface area (Å²) >= 11 is 1.79. The molecule has 1 aliphatic rings. The van der Waals surface area contributed by atoms with Crippen molar-refractivity contribution in [1.29, 1.82) is 0 Å². The summed E-state index contributed by atoms with van der Waals surface area (Å²) in [5.41, 5.74) is -0.421. The van der Waals surface area contributed by atoms with Crippen LogP contribution in [0.4, 0.5) is 19.0 Å². The van der Waals surface area contributed by atoms with E-state index >= 15 is 0 Å². The SMILES string of the molecule is CCS(=O)(=O)c1nn2c(NC3CSC3)ccnc2c1-c1nc2cc(C(F)(F)F)cnc2n1C. The summed E-state index contributed by atoms with van der Waals surface area (Å²) < 4.78 is 68.3. The minimum Gasteiger partial charge on any atom is -0.366 e. The maximum Gasteiger partial charge on any atom is 0.417 e. The van der Waals surface area contributed by atoms with Gasteiger partial charge in [0.15, 0.2) is 26.2 Å². The number of pyridine rings is 1. The third kappa shape index (κ3) is 3.60. The van der Waals surface area contributed by atoms with Crippen molar-refractivity contribution < 1.29 is 21.6 Å². The van der Waals surface area contributed by atoms with Gasteiger partial charge < -0.3 is 9.88 Å². The molecule has 33 heavy (non-hydrogen) atoms. The summed E-state index contributed by atoms with van der Waals surface area (Å²) in [6.07, 6.45) is -2.33. The van der Waals surface area contributed by atoms with E-state index in [4.69, 9.17) is 0 Å². The first kappa shape index (κ1) is 21.9. The number of aryl methyl sites for hydroxylation is 1. The molecule has 0 amide bonds. The fourth-order valence-electron chi connectivity index (χ4n) is 3.57. The molecule has 4 aromatic heterocycles. The van der Waals surface area contributed by atoms with E-state index in [1.54, 1.807) is 24.9 Å². The van der Waals surface area contributed by atoms with E-state index < -0.39 is 21.6 Å². The van der Waals surface area contributed by atoms with Crippen molar-refractivity contribution in [3.05, 3.63) is 30.1 Å². The Bertz CT molecular complexity index is 1490. The number of rotatable bonds is 5. The van der Waals surface area contributed by atoms with Gasteiger partial charge in [0, 0.05) is 37.0 Å². The van der Waals surface area contributed by atoms with Gasteiger partial charge in [-0.05, 0) is 12.1 Å². The highest BCUT2D eigenvalue weighted by atomic mass is 32.2. The molecule has 5 rings (SSSR count). The van der Waals surface area contributed by atoms with Gasteiger partial charge in [-0.25, -0.2) is 23.4 Å². The molecule has 0 spiro atoms. The number of fused-ring (bicyclic) bond motifs is 2. The maximum atomic E-state index is 13.2. The lowest BCUT2D eigenvalue weighted by Crippen LogP contribution is -2.34. The zero-order valence-corrected chi connectivity index (χ0v) is 19.1. The zero-order chi connectivity index (χ0) is 23.5. The van der Waals surface area contributed by atoms with Gasteiger partial charge in [0.1, 0.15) is 22.7 Å². The second-order valence-electron chi connectivity index (χ2n) is 7.59. The molecule has 0 bridgehead atoms. The van der Waals surface area contributed by atoms with Crippen molar-refractivity contribution in [1.82, 2.24) is 29.1 Å². The Hall–Kier alpha value is -2.87. The lowest BCUT2D eigenvalue weighted by molar-refractivity contribution is -0.137. The van der Waals surface area contributed by atoms with Crippen LogP contribution in [0.25, 0.3) is 28.2 Å². The molecule has 14 heteroatoms. The minimum absolute atomic E-state index is 0.0118. The number of sulfone groups is 1. The summed E-state index contributed by atoms with van der Waals surface area (Å²) in [6, 6.07) is 2.81. The first-order valence-corrected chi connectivity index (χ1v) is 12.8. The number of nitrogens with zero attached hydrogens (tertiary/aromatic N) is 6. The normalized spacial score (nSPS) is 15.3. The van der Waals surface area contributed by atoms with Crippen molar-refractivity contribution >= 4 is 44.2 Å². The topological polar surface area (TPSA) is 107 Å². The summed E-state index contributed by atoms with van der Waals surface area (Å²) in [5, 5.41) is 7.45. The molecule has 4 aromatic rings. The van der Waals surface area contributed by atoms with Gasteiger partial charge in [-0.3, -0.25) is 0 Å². The van der Waals surface area contributed by atoms with Crippen LogP contribution in [0.5, 0.6) is 0 Å². The second-order valence-corrected chi connectivity index (χ2v) is 10.9. The fourth-order valence-corrected chi connectivity index (χ4v) is 5.18. The van der Waals surface area contributed by atoms with E-state index in [9.17, 15) is 21.6 Å². The second kappa shape index (κ2) is 7.58. The first-order chi connectivity index (χ1) is 15.6. The number of thioether (sulfide) groups is 1. The van der Waals surface area contributed by atoms with Crippen LogP contribution in [0.2, 0.25) is 0 Å². The number of hydrogen-bond donors (Lipinski definition) is 1. The van der Waals surface area contributed by atoms with E-state index in [2.05, 4.69) is 25.4 Å². The van der Waals surface area contributed by atoms with Crippen LogP contribution in [-0.2, 0) is 23.1 Å². The van der Waals surface area contributed by atoms with E-state index in [1.165, 1.54) is 22.2 Å². The number of anilines is 1. The van der Waals surface area contributed by atoms with E-state index in [1.807, 2.05) is 0 Å². The molecule has 0 radical (unpaired) electrons. The number of imidazole rings is 1. The van der Waals surface area contributed by atoms with Crippen molar-refractivity contribution in [2.75, 3.05) is 22.6 Å². The summed E-state index contributed by atoms with van der Waals surface area (Å²) in [4.78, 5) is 12.6. The monoisotopic (exact) mass is 497 g/mol. The van der Waals surface area contributed by atoms with Crippen LogP contribution < -0.4 is 5.32 Å². The quantitative estimate of drug-likeness (QED) is 0.449. The first-order valence-electron chi connectivity index (χ1n) is 9.95. The largest absolute Gasteiger partial charge is 0.417 e. The van der Waals surface area contributed by atoms with E-state index in [-0.39, 0.29) is 45.0 Å². The van der Waals surface area contributed by atoms with Crippen LogP contribution in [0.15, 0.2) is 29.6 Å². The van der Waals surface area contributed by atoms with Gasteiger partial charge in [0.05, 0.1) is 11.3 Å². The van der Waals surface area contributed by atoms with Gasteiger partial charge >= 0.3 is 6.18 Å². The smallest absolute Gasteiger partial charge is 0.366 e. The number of halogens is 3. The molecule has 0 aliphatic carbocycles. The highest BCUT2D eigenvalue weighted by Crippen LogP contribution is 2.35. The average molecular weight is 498 g/mol. The van der Waals surface area contributed by atoms with Gasteiger partial charge in [0.25, 0.3) is 0 Å². The molecule has 0 atom stereocenters. The summed E-state index contributed by atoms with van der Waals surface area (Å²) in [7, 11) is -2.26. The third-order valence-electron chi connectivity index (χ3n) is 5.41. The molecule has 1 saturated heterocycles. The molecule has 0 unspecified atom stereocenters. The van der Waals surface area contributed by atoms with Gasteiger partial charge in [-0.1, -0.05) is 6.92 Å². The number of aromatic nitrogens is 6. The van der Waals surface area contributed by atoms with Crippen molar-refractivity contribution in [2.45, 2.75) is 24.2 Å². The third-order valence-corrected chi connectivity index (χ3v) is 8.32. The lowest BCUT2D eigenvalue weighted by atomic mass is 10.2. The van der Waals surface area contributed by atoms with Crippen molar-refractivity contribution in [3.8, 4) is 11.4 Å². The molecule has 1 fully saturated rings. The molecule has 1 N–H and O–H groups in total. The van der Waals surface area contributed by atoms with E-state index in [0.29, 0.717) is 5.82 Å². The Morgan fingerprint density at radius 3 is 2.64 bits per heavy atom. The van der Waals surface area contributed by atoms with E-state index in [0.717, 1.165) is 23.8 Å². The Balaban J connectivity index is 1.78. The van der Waals surface area contributed by atoms with Gasteiger partial charge in [0.2, 0.25) is 0 Å². The molecule has 174 valence electrons. The van der Waals surface area contributed by atoms with Crippen LogP contribution in [0.1, 0.15) is 12.5 Å². The predicted molar refractivity (Wildman–Crippen MR) is 118 cm³/mol. The summed E-state index contributed by atoms with van der Waals surface area (Å²) in [6.45, 7) is 1.49. The number of nitrogens with one attached hydrogen (secondary N) is 1. The standard InChI is InChI=1S/C19H18F3N7O2S2/c1-3-33(30,31)18-14(16-23-5-4-13(29(16)27-18)25-11-8-32-9-11)17-26-12-6-10(19(20,21)22)7-24-15(12)28(17)2/h4-7,11,25H,3,8-9H2,1-2H3. The van der Waals surface area contributed by atoms with Crippen LogP contribution in [0.3, 0.4) is 0 Å². The highest BCUT2D eigenvalue weighted by Gasteiger charge is 2.33. The van der Waals surface area contributed by atoms with Gasteiger partial charge in [-0.15, -0.1) is 0 Å². The summed E-state index contributed by atoms with van der Waals surface area (Å²) in [5.74, 6) is 2.29. The Morgan fingerprint density at radius 2 is 2.00 bits per heavy atom. The maximum absolute atomic E-state index is 13.2. The molecule has 0 saturated carbocycles. The van der Waals surface area contributed by atoms with Gasteiger partial charge in [-0.2, -0.15) is 34.5 Å². The molecule has 0 aromatic carbocycles. The highest BCUT2D eigenvalue weighted by molar-refractivity contribution is 8.00. The predicted octanol–water partition coefficient (Wildman–Crippen LogP) is 3.02.